The molecular formula is C21H32N2O4S. The normalized spacial score (nSPS) is 22.9. The number of likely N-dealkylation sites (N-methyl/N-ethyl adjacent to an activating group) is 1. The minimum Gasteiger partial charge on any atom is -0.490 e. The van der Waals surface area contributed by atoms with E-state index in [4.69, 9.17) is 4.74 Å². The fourth-order valence-corrected chi connectivity index (χ4v) is 5.87. The molecule has 3 rings (SSSR count). The predicted molar refractivity (Wildman–Crippen MR) is 110 cm³/mol. The van der Waals surface area contributed by atoms with Gasteiger partial charge < -0.3 is 9.64 Å². The zero-order valence-electron chi connectivity index (χ0n) is 17.2. The van der Waals surface area contributed by atoms with Crippen LogP contribution in [0, 0.1) is 13.8 Å². The Morgan fingerprint density at radius 3 is 2.54 bits per heavy atom. The van der Waals surface area contributed by atoms with Crippen molar-refractivity contribution in [1.29, 1.82) is 0 Å². The number of amides is 1. The van der Waals surface area contributed by atoms with E-state index < -0.39 is 9.84 Å². The number of hydrogen-bond donors (Lipinski definition) is 0. The van der Waals surface area contributed by atoms with Gasteiger partial charge in [-0.15, -0.1) is 0 Å². The quantitative estimate of drug-likeness (QED) is 0.722. The Hall–Kier alpha value is -1.60. The van der Waals surface area contributed by atoms with Gasteiger partial charge in [0.1, 0.15) is 11.9 Å². The van der Waals surface area contributed by atoms with E-state index in [-0.39, 0.29) is 29.6 Å². The smallest absolute Gasteiger partial charge is 0.237 e. The Bertz CT molecular complexity index is 801. The number of likely N-dealkylation sites (tertiary alicyclic amines) is 1. The summed E-state index contributed by atoms with van der Waals surface area (Å²) in [6, 6.07) is 6.10. The van der Waals surface area contributed by atoms with Gasteiger partial charge in [-0.2, -0.15) is 0 Å². The predicted octanol–water partition coefficient (Wildman–Crippen LogP) is 2.18. The number of aryl methyl sites for hydroxylation is 2. The Kier molecular flexibility index (Phi) is 6.65. The van der Waals surface area contributed by atoms with Crippen molar-refractivity contribution in [3.8, 4) is 5.75 Å². The van der Waals surface area contributed by atoms with Crippen LogP contribution < -0.4 is 4.74 Å². The van der Waals surface area contributed by atoms with Crippen molar-refractivity contribution >= 4 is 15.7 Å². The van der Waals surface area contributed by atoms with Crippen LogP contribution in [0.3, 0.4) is 0 Å². The largest absolute Gasteiger partial charge is 0.490 e. The molecule has 0 N–H and O–H groups in total. The molecule has 2 saturated heterocycles. The third-order valence-corrected chi connectivity index (χ3v) is 7.59. The van der Waals surface area contributed by atoms with E-state index >= 15 is 0 Å². The molecule has 0 aliphatic carbocycles. The van der Waals surface area contributed by atoms with E-state index in [1.165, 1.54) is 5.56 Å². The van der Waals surface area contributed by atoms with Crippen LogP contribution in [-0.4, -0.2) is 74.0 Å². The number of ether oxygens (including phenoxy) is 1. The van der Waals surface area contributed by atoms with Gasteiger partial charge in [0.15, 0.2) is 9.84 Å². The summed E-state index contributed by atoms with van der Waals surface area (Å²) >= 11 is 0. The SMILES string of the molecule is CCN(C(=O)CN1CCC(Oc2cc(C)ccc2C)CC1)C1CCS(=O)(=O)C1. The first-order chi connectivity index (χ1) is 13.3. The minimum absolute atomic E-state index is 0.0403. The number of rotatable bonds is 6. The number of nitrogens with zero attached hydrogens (tertiary/aromatic N) is 2. The van der Waals surface area contributed by atoms with Crippen LogP contribution in [0.4, 0.5) is 0 Å². The second-order valence-electron chi connectivity index (χ2n) is 8.10. The zero-order valence-corrected chi connectivity index (χ0v) is 18.0. The molecule has 1 amide bonds. The summed E-state index contributed by atoms with van der Waals surface area (Å²) in [6.45, 7) is 8.61. The lowest BCUT2D eigenvalue weighted by Gasteiger charge is -2.34. The summed E-state index contributed by atoms with van der Waals surface area (Å²) in [4.78, 5) is 16.7. The molecule has 1 unspecified atom stereocenters. The van der Waals surface area contributed by atoms with Gasteiger partial charge in [0, 0.05) is 25.7 Å². The molecule has 2 fully saturated rings. The first kappa shape index (κ1) is 21.1. The molecule has 28 heavy (non-hydrogen) atoms. The van der Waals surface area contributed by atoms with Crippen LogP contribution >= 0.6 is 0 Å². The van der Waals surface area contributed by atoms with Gasteiger partial charge in [0.05, 0.1) is 18.1 Å². The van der Waals surface area contributed by atoms with Crippen LogP contribution in [0.1, 0.15) is 37.3 Å². The van der Waals surface area contributed by atoms with E-state index in [0.29, 0.717) is 19.5 Å². The van der Waals surface area contributed by atoms with Gasteiger partial charge in [-0.05, 0) is 57.2 Å². The second-order valence-corrected chi connectivity index (χ2v) is 10.3. The topological polar surface area (TPSA) is 66.9 Å². The summed E-state index contributed by atoms with van der Waals surface area (Å²) in [6.07, 6.45) is 2.53. The van der Waals surface area contributed by atoms with Gasteiger partial charge >= 0.3 is 0 Å². The Labute approximate surface area is 168 Å². The van der Waals surface area contributed by atoms with Crippen molar-refractivity contribution < 1.29 is 17.9 Å². The molecule has 7 heteroatoms. The van der Waals surface area contributed by atoms with Gasteiger partial charge in [-0.25, -0.2) is 8.42 Å². The number of piperidine rings is 1. The van der Waals surface area contributed by atoms with Crippen LogP contribution in [0.2, 0.25) is 0 Å². The van der Waals surface area contributed by atoms with E-state index in [2.05, 4.69) is 36.9 Å². The molecule has 156 valence electrons. The zero-order chi connectivity index (χ0) is 20.3. The average Bonchev–Trinajstić information content (AvgIpc) is 3.00. The molecule has 0 radical (unpaired) electrons. The number of hydrogen-bond acceptors (Lipinski definition) is 5. The standard InChI is InChI=1S/C21H32N2O4S/c1-4-23(18-9-12-28(25,26)15-18)21(24)14-22-10-7-19(8-11-22)27-20-13-16(2)5-6-17(20)3/h5-6,13,18-19H,4,7-12,14-15H2,1-3H3. The van der Waals surface area contributed by atoms with Crippen LogP contribution in [0.5, 0.6) is 5.75 Å². The van der Waals surface area contributed by atoms with Gasteiger partial charge in [-0.1, -0.05) is 12.1 Å². The number of benzene rings is 1. The maximum absolute atomic E-state index is 12.8. The summed E-state index contributed by atoms with van der Waals surface area (Å²) < 4.78 is 29.7. The van der Waals surface area contributed by atoms with Gasteiger partial charge in [-0.3, -0.25) is 9.69 Å². The van der Waals surface area contributed by atoms with Crippen molar-refractivity contribution in [3.63, 3.8) is 0 Å². The van der Waals surface area contributed by atoms with Crippen molar-refractivity contribution in [2.75, 3.05) is 37.7 Å². The molecule has 0 saturated carbocycles. The van der Waals surface area contributed by atoms with Crippen molar-refractivity contribution in [2.45, 2.75) is 52.2 Å². The van der Waals surface area contributed by atoms with E-state index in [1.54, 1.807) is 4.90 Å². The van der Waals surface area contributed by atoms with Crippen molar-refractivity contribution in [3.05, 3.63) is 29.3 Å². The summed E-state index contributed by atoms with van der Waals surface area (Å²) in [7, 11) is -2.98. The lowest BCUT2D eigenvalue weighted by atomic mass is 10.1. The summed E-state index contributed by atoms with van der Waals surface area (Å²) in [5.41, 5.74) is 2.34. The highest BCUT2D eigenvalue weighted by Crippen LogP contribution is 2.24. The van der Waals surface area contributed by atoms with E-state index in [1.807, 2.05) is 6.92 Å². The molecule has 0 bridgehead atoms. The molecule has 2 heterocycles. The van der Waals surface area contributed by atoms with E-state index in [0.717, 1.165) is 37.2 Å². The number of carbonyl (C=O) groups excluding carboxylic acids is 1. The monoisotopic (exact) mass is 408 g/mol. The molecule has 2 aliphatic heterocycles. The fraction of sp³-hybridized carbons (Fsp3) is 0.667. The molecule has 1 atom stereocenters. The lowest BCUT2D eigenvalue weighted by molar-refractivity contribution is -0.134. The number of carbonyl (C=O) groups is 1. The lowest BCUT2D eigenvalue weighted by Crippen LogP contribution is -2.48. The Balaban J connectivity index is 1.49. The first-order valence-electron chi connectivity index (χ1n) is 10.2. The summed E-state index contributed by atoms with van der Waals surface area (Å²) in [5, 5.41) is 0. The average molecular weight is 409 g/mol. The van der Waals surface area contributed by atoms with Crippen molar-refractivity contribution in [1.82, 2.24) is 9.80 Å². The highest BCUT2D eigenvalue weighted by molar-refractivity contribution is 7.91. The maximum atomic E-state index is 12.8. The molecule has 0 aromatic heterocycles. The molecule has 1 aromatic rings. The van der Waals surface area contributed by atoms with Gasteiger partial charge in [0.25, 0.3) is 0 Å². The van der Waals surface area contributed by atoms with E-state index in [9.17, 15) is 13.2 Å². The third kappa shape index (κ3) is 5.26. The Morgan fingerprint density at radius 2 is 1.93 bits per heavy atom. The molecule has 6 nitrogen and oxygen atoms in total. The number of sulfone groups is 1. The van der Waals surface area contributed by atoms with Crippen LogP contribution in [0.25, 0.3) is 0 Å². The first-order valence-corrected chi connectivity index (χ1v) is 12.1. The Morgan fingerprint density at radius 1 is 1.21 bits per heavy atom. The highest BCUT2D eigenvalue weighted by atomic mass is 32.2. The van der Waals surface area contributed by atoms with Gasteiger partial charge in [0.2, 0.25) is 5.91 Å². The van der Waals surface area contributed by atoms with Crippen LogP contribution in [-0.2, 0) is 14.6 Å². The molecule has 2 aliphatic rings. The fourth-order valence-electron chi connectivity index (χ4n) is 4.14. The molecule has 1 aromatic carbocycles. The minimum atomic E-state index is -2.98. The molecular weight excluding hydrogens is 376 g/mol. The van der Waals surface area contributed by atoms with Crippen molar-refractivity contribution in [2.24, 2.45) is 0 Å². The van der Waals surface area contributed by atoms with Crippen LogP contribution in [0.15, 0.2) is 18.2 Å². The maximum Gasteiger partial charge on any atom is 0.237 e. The second kappa shape index (κ2) is 8.82. The summed E-state index contributed by atoms with van der Waals surface area (Å²) in [5.74, 6) is 1.30. The highest BCUT2D eigenvalue weighted by Gasteiger charge is 2.34. The molecule has 0 spiro atoms. The third-order valence-electron chi connectivity index (χ3n) is 5.84.